The average Bonchev–Trinajstić information content (AvgIpc) is 3.15. The van der Waals surface area contributed by atoms with Gasteiger partial charge in [0.25, 0.3) is 5.69 Å². The fraction of sp³-hybridized carbons (Fsp3) is 0.318. The van der Waals surface area contributed by atoms with Crippen molar-refractivity contribution >= 4 is 22.7 Å². The molecule has 0 unspecified atom stereocenters. The molecule has 0 atom stereocenters. The maximum absolute atomic E-state index is 11.2. The molecule has 1 aliphatic heterocycles. The summed E-state index contributed by atoms with van der Waals surface area (Å²) in [4.78, 5) is 19.0. The first kappa shape index (κ1) is 20.5. The molecule has 0 amide bonds. The topological polar surface area (TPSA) is 72.9 Å². The molecule has 156 valence electrons. The highest BCUT2D eigenvalue weighted by atomic mass is 32.1. The van der Waals surface area contributed by atoms with Crippen molar-refractivity contribution in [1.82, 2.24) is 9.47 Å². The number of aromatic nitrogens is 1. The number of rotatable bonds is 6. The number of nitrogens with zero attached hydrogens (tertiary/aromatic N) is 4. The van der Waals surface area contributed by atoms with Crippen LogP contribution < -0.4 is 4.80 Å². The van der Waals surface area contributed by atoms with Crippen LogP contribution >= 0.6 is 11.3 Å². The maximum atomic E-state index is 11.2. The van der Waals surface area contributed by atoms with E-state index >= 15 is 0 Å². The number of thiazole rings is 1. The molecule has 1 aromatic heterocycles. The Bertz CT molecular complexity index is 1100. The number of nitro groups is 1. The SMILES string of the molecule is Cc1cccc(N=c2scc(-c3cccc([N+](=O)[O-])c3)n2CCN2CCOCC2)c1. The van der Waals surface area contributed by atoms with Crippen molar-refractivity contribution < 1.29 is 9.66 Å². The molecule has 0 radical (unpaired) electrons. The Balaban J connectivity index is 1.73. The third kappa shape index (κ3) is 4.84. The number of non-ortho nitro benzene ring substituents is 1. The number of hydrogen-bond donors (Lipinski definition) is 0. The number of ether oxygens (including phenoxy) is 1. The van der Waals surface area contributed by atoms with Gasteiger partial charge in [0.1, 0.15) is 0 Å². The highest BCUT2D eigenvalue weighted by Crippen LogP contribution is 2.25. The summed E-state index contributed by atoms with van der Waals surface area (Å²) in [5.74, 6) is 0. The first-order valence-corrected chi connectivity index (χ1v) is 10.8. The quantitative estimate of drug-likeness (QED) is 0.443. The van der Waals surface area contributed by atoms with Crippen LogP contribution in [0.15, 0.2) is 58.9 Å². The van der Waals surface area contributed by atoms with Crippen molar-refractivity contribution in [2.75, 3.05) is 32.8 Å². The van der Waals surface area contributed by atoms with Gasteiger partial charge in [-0.1, -0.05) is 24.3 Å². The Morgan fingerprint density at radius 1 is 1.13 bits per heavy atom. The molecule has 7 nitrogen and oxygen atoms in total. The molecular weight excluding hydrogens is 400 g/mol. The summed E-state index contributed by atoms with van der Waals surface area (Å²) in [6.45, 7) is 7.03. The second kappa shape index (κ2) is 9.34. The first-order chi connectivity index (χ1) is 14.6. The highest BCUT2D eigenvalue weighted by molar-refractivity contribution is 7.07. The van der Waals surface area contributed by atoms with E-state index in [1.165, 1.54) is 6.07 Å². The molecule has 3 aromatic rings. The second-order valence-electron chi connectivity index (χ2n) is 7.27. The number of hydrogen-bond acceptors (Lipinski definition) is 6. The van der Waals surface area contributed by atoms with Gasteiger partial charge >= 0.3 is 0 Å². The lowest BCUT2D eigenvalue weighted by molar-refractivity contribution is -0.384. The molecular formula is C22H24N4O3S. The van der Waals surface area contributed by atoms with Gasteiger partial charge in [0.2, 0.25) is 0 Å². The Labute approximate surface area is 179 Å². The lowest BCUT2D eigenvalue weighted by Gasteiger charge is -2.26. The summed E-state index contributed by atoms with van der Waals surface area (Å²) in [5.41, 5.74) is 3.93. The Hall–Kier alpha value is -2.81. The zero-order chi connectivity index (χ0) is 20.9. The van der Waals surface area contributed by atoms with Crippen LogP contribution in [0.1, 0.15) is 5.56 Å². The smallest absolute Gasteiger partial charge is 0.270 e. The molecule has 0 aliphatic carbocycles. The molecule has 1 fully saturated rings. The lowest BCUT2D eigenvalue weighted by Crippen LogP contribution is -2.39. The highest BCUT2D eigenvalue weighted by Gasteiger charge is 2.15. The van der Waals surface area contributed by atoms with Gasteiger partial charge in [-0.2, -0.15) is 0 Å². The van der Waals surface area contributed by atoms with Gasteiger partial charge in [-0.15, -0.1) is 11.3 Å². The van der Waals surface area contributed by atoms with Gasteiger partial charge in [-0.3, -0.25) is 15.0 Å². The molecule has 8 heteroatoms. The molecule has 2 aromatic carbocycles. The zero-order valence-electron chi connectivity index (χ0n) is 16.9. The standard InChI is InChI=1S/C22H24N4O3S/c1-17-4-2-6-19(14-17)23-22-25(9-8-24-10-12-29-13-11-24)21(16-30-22)18-5-3-7-20(15-18)26(27)28/h2-7,14-16H,8-13H2,1H3. The summed E-state index contributed by atoms with van der Waals surface area (Å²) >= 11 is 1.56. The van der Waals surface area contributed by atoms with Crippen molar-refractivity contribution in [2.24, 2.45) is 4.99 Å². The number of benzene rings is 2. The summed E-state index contributed by atoms with van der Waals surface area (Å²) in [7, 11) is 0. The van der Waals surface area contributed by atoms with Crippen LogP contribution in [0.25, 0.3) is 11.3 Å². The van der Waals surface area contributed by atoms with Crippen molar-refractivity contribution in [2.45, 2.75) is 13.5 Å². The van der Waals surface area contributed by atoms with Crippen LogP contribution in [-0.4, -0.2) is 47.2 Å². The number of nitro benzene ring substituents is 1. The Morgan fingerprint density at radius 2 is 1.93 bits per heavy atom. The van der Waals surface area contributed by atoms with Crippen LogP contribution in [0, 0.1) is 17.0 Å². The summed E-state index contributed by atoms with van der Waals surface area (Å²) in [6, 6.07) is 14.9. The fourth-order valence-corrected chi connectivity index (χ4v) is 4.47. The van der Waals surface area contributed by atoms with Gasteiger partial charge in [0.05, 0.1) is 29.5 Å². The van der Waals surface area contributed by atoms with E-state index < -0.39 is 0 Å². The van der Waals surface area contributed by atoms with Crippen LogP contribution in [0.2, 0.25) is 0 Å². The van der Waals surface area contributed by atoms with E-state index in [4.69, 9.17) is 9.73 Å². The molecule has 1 saturated heterocycles. The minimum absolute atomic E-state index is 0.0932. The molecule has 30 heavy (non-hydrogen) atoms. The molecule has 2 heterocycles. The molecule has 0 saturated carbocycles. The Morgan fingerprint density at radius 3 is 2.70 bits per heavy atom. The molecule has 0 bridgehead atoms. The van der Waals surface area contributed by atoms with Crippen molar-refractivity contribution in [1.29, 1.82) is 0 Å². The van der Waals surface area contributed by atoms with Gasteiger partial charge in [0.15, 0.2) is 4.80 Å². The molecule has 4 rings (SSSR count). The number of aryl methyl sites for hydroxylation is 1. The Kier molecular flexibility index (Phi) is 6.37. The maximum Gasteiger partial charge on any atom is 0.270 e. The first-order valence-electron chi connectivity index (χ1n) is 9.95. The predicted molar refractivity (Wildman–Crippen MR) is 118 cm³/mol. The van der Waals surface area contributed by atoms with Crippen molar-refractivity contribution in [3.63, 3.8) is 0 Å². The minimum Gasteiger partial charge on any atom is -0.379 e. The second-order valence-corrected chi connectivity index (χ2v) is 8.10. The van der Waals surface area contributed by atoms with Crippen LogP contribution in [0.5, 0.6) is 0 Å². The predicted octanol–water partition coefficient (Wildman–Crippen LogP) is 4.00. The van der Waals surface area contributed by atoms with E-state index in [1.807, 2.05) is 23.6 Å². The van der Waals surface area contributed by atoms with E-state index in [2.05, 4.69) is 28.5 Å². The van der Waals surface area contributed by atoms with Crippen LogP contribution in [0.3, 0.4) is 0 Å². The van der Waals surface area contributed by atoms with Crippen molar-refractivity contribution in [3.8, 4) is 11.3 Å². The third-order valence-corrected chi connectivity index (χ3v) is 5.98. The fourth-order valence-electron chi connectivity index (χ4n) is 3.52. The van der Waals surface area contributed by atoms with Crippen molar-refractivity contribution in [3.05, 3.63) is 74.4 Å². The van der Waals surface area contributed by atoms with E-state index in [0.717, 1.165) is 66.7 Å². The van der Waals surface area contributed by atoms with Gasteiger partial charge in [-0.05, 0) is 24.6 Å². The minimum atomic E-state index is -0.355. The summed E-state index contributed by atoms with van der Waals surface area (Å²) in [5, 5.41) is 13.3. The van der Waals surface area contributed by atoms with E-state index in [9.17, 15) is 10.1 Å². The molecule has 1 aliphatic rings. The zero-order valence-corrected chi connectivity index (χ0v) is 17.7. The van der Waals surface area contributed by atoms with E-state index in [-0.39, 0.29) is 10.6 Å². The molecule has 0 N–H and O–H groups in total. The summed E-state index contributed by atoms with van der Waals surface area (Å²) < 4.78 is 7.62. The van der Waals surface area contributed by atoms with E-state index in [1.54, 1.807) is 23.5 Å². The lowest BCUT2D eigenvalue weighted by atomic mass is 10.1. The van der Waals surface area contributed by atoms with Gasteiger partial charge < -0.3 is 9.30 Å². The molecule has 0 spiro atoms. The summed E-state index contributed by atoms with van der Waals surface area (Å²) in [6.07, 6.45) is 0. The monoisotopic (exact) mass is 424 g/mol. The number of morpholine rings is 1. The van der Waals surface area contributed by atoms with Crippen LogP contribution in [-0.2, 0) is 11.3 Å². The van der Waals surface area contributed by atoms with Gasteiger partial charge in [-0.25, -0.2) is 4.99 Å². The largest absolute Gasteiger partial charge is 0.379 e. The van der Waals surface area contributed by atoms with Crippen LogP contribution in [0.4, 0.5) is 11.4 Å². The normalized spacial score (nSPS) is 15.4. The third-order valence-electron chi connectivity index (χ3n) is 5.12. The average molecular weight is 425 g/mol. The van der Waals surface area contributed by atoms with E-state index in [0.29, 0.717) is 0 Å². The van der Waals surface area contributed by atoms with Gasteiger partial charge in [0, 0.05) is 49.3 Å².